The van der Waals surface area contributed by atoms with Crippen molar-refractivity contribution in [3.63, 3.8) is 0 Å². The molecule has 0 aliphatic rings. The number of benzene rings is 1. The van der Waals surface area contributed by atoms with Crippen LogP contribution in [0.3, 0.4) is 0 Å². The van der Waals surface area contributed by atoms with Gasteiger partial charge in [0.2, 0.25) is 10.0 Å². The number of hydrogen-bond acceptors (Lipinski definition) is 4. The van der Waals surface area contributed by atoms with Crippen molar-refractivity contribution in [3.8, 4) is 0 Å². The molecule has 2 rings (SSSR count). The molecule has 0 saturated carbocycles. The smallest absolute Gasteiger partial charge is 0.241 e. The molecule has 0 bridgehead atoms. The van der Waals surface area contributed by atoms with Gasteiger partial charge in [-0.05, 0) is 43.7 Å². The van der Waals surface area contributed by atoms with Crippen LogP contribution in [0.25, 0.3) is 10.9 Å². The van der Waals surface area contributed by atoms with E-state index >= 15 is 0 Å². The van der Waals surface area contributed by atoms with Crippen LogP contribution >= 0.6 is 0 Å². The van der Waals surface area contributed by atoms with Gasteiger partial charge in [0, 0.05) is 18.1 Å². The molecule has 0 aliphatic carbocycles. The molecule has 0 aliphatic heterocycles. The Bertz CT molecular complexity index is 666. The number of unbranched alkanes of at least 4 members (excludes halogenated alkanes) is 2. The van der Waals surface area contributed by atoms with Crippen LogP contribution in [0, 0.1) is 0 Å². The highest BCUT2D eigenvalue weighted by molar-refractivity contribution is 7.89. The van der Waals surface area contributed by atoms with Crippen molar-refractivity contribution in [2.75, 3.05) is 13.1 Å². The number of aromatic nitrogens is 1. The number of sulfonamides is 1. The van der Waals surface area contributed by atoms with Crippen molar-refractivity contribution >= 4 is 20.9 Å². The molecule has 5 nitrogen and oxygen atoms in total. The maximum absolute atomic E-state index is 12.3. The van der Waals surface area contributed by atoms with Crippen LogP contribution in [0.2, 0.25) is 0 Å². The fourth-order valence-corrected chi connectivity index (χ4v) is 3.33. The zero-order valence-electron chi connectivity index (χ0n) is 11.2. The molecule has 0 fully saturated rings. The lowest BCUT2D eigenvalue weighted by atomic mass is 10.2. The third kappa shape index (κ3) is 3.53. The molecule has 0 saturated heterocycles. The van der Waals surface area contributed by atoms with E-state index in [1.54, 1.807) is 36.5 Å². The van der Waals surface area contributed by atoms with Gasteiger partial charge < -0.3 is 5.73 Å². The van der Waals surface area contributed by atoms with Crippen LogP contribution in [0.5, 0.6) is 0 Å². The van der Waals surface area contributed by atoms with Gasteiger partial charge in [0.15, 0.2) is 0 Å². The summed E-state index contributed by atoms with van der Waals surface area (Å²) >= 11 is 0. The second-order valence-electron chi connectivity index (χ2n) is 4.57. The Balaban J connectivity index is 2.15. The number of rotatable bonds is 7. The molecule has 1 aromatic carbocycles. The summed E-state index contributed by atoms with van der Waals surface area (Å²) in [7, 11) is -3.50. The number of fused-ring (bicyclic) bond motifs is 1. The lowest BCUT2D eigenvalue weighted by Crippen LogP contribution is -2.25. The maximum Gasteiger partial charge on any atom is 0.241 e. The highest BCUT2D eigenvalue weighted by atomic mass is 32.2. The lowest BCUT2D eigenvalue weighted by Gasteiger charge is -2.09. The summed E-state index contributed by atoms with van der Waals surface area (Å²) in [5.41, 5.74) is 6.08. The van der Waals surface area contributed by atoms with Crippen LogP contribution in [0.15, 0.2) is 41.4 Å². The molecular weight excluding hydrogens is 274 g/mol. The Labute approximate surface area is 119 Å². The maximum atomic E-state index is 12.3. The normalized spacial score (nSPS) is 11.8. The monoisotopic (exact) mass is 293 g/mol. The zero-order chi connectivity index (χ0) is 14.4. The molecule has 6 heteroatoms. The topological polar surface area (TPSA) is 85.1 Å². The van der Waals surface area contributed by atoms with Crippen LogP contribution in [0.4, 0.5) is 0 Å². The van der Waals surface area contributed by atoms with Gasteiger partial charge >= 0.3 is 0 Å². The first-order chi connectivity index (χ1) is 9.65. The number of nitrogens with zero attached hydrogens (tertiary/aromatic N) is 1. The summed E-state index contributed by atoms with van der Waals surface area (Å²) < 4.78 is 27.3. The van der Waals surface area contributed by atoms with Gasteiger partial charge in [-0.2, -0.15) is 0 Å². The number of pyridine rings is 1. The Kier molecular flexibility index (Phi) is 5.05. The van der Waals surface area contributed by atoms with Crippen LogP contribution in [0.1, 0.15) is 19.3 Å². The van der Waals surface area contributed by atoms with Gasteiger partial charge in [-0.3, -0.25) is 4.98 Å². The van der Waals surface area contributed by atoms with Crippen molar-refractivity contribution in [1.82, 2.24) is 9.71 Å². The van der Waals surface area contributed by atoms with E-state index in [9.17, 15) is 8.42 Å². The SMILES string of the molecule is NCCCCCNS(=O)(=O)c1cccc2ncccc12. The first-order valence-corrected chi connectivity index (χ1v) is 8.17. The minimum absolute atomic E-state index is 0.280. The average Bonchev–Trinajstić information content (AvgIpc) is 2.46. The largest absolute Gasteiger partial charge is 0.330 e. The van der Waals surface area contributed by atoms with Crippen molar-refractivity contribution in [1.29, 1.82) is 0 Å². The summed E-state index contributed by atoms with van der Waals surface area (Å²) in [6, 6.07) is 8.62. The van der Waals surface area contributed by atoms with Gasteiger partial charge in [-0.15, -0.1) is 0 Å². The first-order valence-electron chi connectivity index (χ1n) is 6.68. The minimum Gasteiger partial charge on any atom is -0.330 e. The van der Waals surface area contributed by atoms with Gasteiger partial charge in [-0.1, -0.05) is 12.5 Å². The van der Waals surface area contributed by atoms with Crippen LogP contribution < -0.4 is 10.5 Å². The standard InChI is InChI=1S/C14H19N3O2S/c15-9-2-1-3-11-17-20(18,19)14-8-4-7-13-12(14)6-5-10-16-13/h4-8,10,17H,1-3,9,11,15H2. The van der Waals surface area contributed by atoms with E-state index in [4.69, 9.17) is 5.73 Å². The summed E-state index contributed by atoms with van der Waals surface area (Å²) in [4.78, 5) is 4.45. The summed E-state index contributed by atoms with van der Waals surface area (Å²) in [6.45, 7) is 1.07. The van der Waals surface area contributed by atoms with E-state index < -0.39 is 10.0 Å². The zero-order valence-corrected chi connectivity index (χ0v) is 12.1. The van der Waals surface area contributed by atoms with E-state index in [-0.39, 0.29) is 4.90 Å². The quantitative estimate of drug-likeness (QED) is 0.760. The molecule has 3 N–H and O–H groups in total. The molecule has 0 radical (unpaired) electrons. The van der Waals surface area contributed by atoms with E-state index in [2.05, 4.69) is 9.71 Å². The predicted molar refractivity (Wildman–Crippen MR) is 79.8 cm³/mol. The predicted octanol–water partition coefficient (Wildman–Crippen LogP) is 1.64. The molecule has 0 amide bonds. The molecular formula is C14H19N3O2S. The Morgan fingerprint density at radius 1 is 1.10 bits per heavy atom. The summed E-state index contributed by atoms with van der Waals surface area (Å²) in [6.07, 6.45) is 4.29. The van der Waals surface area contributed by atoms with E-state index in [0.29, 0.717) is 24.0 Å². The average molecular weight is 293 g/mol. The van der Waals surface area contributed by atoms with Gasteiger partial charge in [0.25, 0.3) is 0 Å². The number of nitrogens with two attached hydrogens (primary N) is 1. The molecule has 2 aromatic rings. The van der Waals surface area contributed by atoms with Crippen LogP contribution in [-0.4, -0.2) is 26.5 Å². The molecule has 0 atom stereocenters. The van der Waals surface area contributed by atoms with E-state index in [1.807, 2.05) is 0 Å². The third-order valence-electron chi connectivity index (χ3n) is 3.07. The number of nitrogens with one attached hydrogen (secondary N) is 1. The van der Waals surface area contributed by atoms with Crippen molar-refractivity contribution in [3.05, 3.63) is 36.5 Å². The Morgan fingerprint density at radius 2 is 1.95 bits per heavy atom. The molecule has 1 aromatic heterocycles. The lowest BCUT2D eigenvalue weighted by molar-refractivity contribution is 0.576. The first kappa shape index (κ1) is 14.9. The summed E-state index contributed by atoms with van der Waals surface area (Å²) in [5, 5.41) is 0.643. The Hall–Kier alpha value is -1.50. The molecule has 0 spiro atoms. The van der Waals surface area contributed by atoms with Crippen molar-refractivity contribution < 1.29 is 8.42 Å². The van der Waals surface area contributed by atoms with E-state index in [0.717, 1.165) is 19.3 Å². The van der Waals surface area contributed by atoms with Crippen molar-refractivity contribution in [2.45, 2.75) is 24.2 Å². The fraction of sp³-hybridized carbons (Fsp3) is 0.357. The second-order valence-corrected chi connectivity index (χ2v) is 6.31. The highest BCUT2D eigenvalue weighted by Crippen LogP contribution is 2.20. The molecule has 20 heavy (non-hydrogen) atoms. The molecule has 108 valence electrons. The minimum atomic E-state index is -3.50. The fourth-order valence-electron chi connectivity index (χ4n) is 2.04. The Morgan fingerprint density at radius 3 is 2.75 bits per heavy atom. The highest BCUT2D eigenvalue weighted by Gasteiger charge is 2.16. The molecule has 0 unspecified atom stereocenters. The van der Waals surface area contributed by atoms with Crippen molar-refractivity contribution in [2.24, 2.45) is 5.73 Å². The van der Waals surface area contributed by atoms with Gasteiger partial charge in [0.05, 0.1) is 10.4 Å². The summed E-state index contributed by atoms with van der Waals surface area (Å²) in [5.74, 6) is 0. The second kappa shape index (κ2) is 6.78. The van der Waals surface area contributed by atoms with Gasteiger partial charge in [-0.25, -0.2) is 13.1 Å². The van der Waals surface area contributed by atoms with E-state index in [1.165, 1.54) is 0 Å². The van der Waals surface area contributed by atoms with Gasteiger partial charge in [0.1, 0.15) is 0 Å². The molecule has 1 heterocycles. The third-order valence-corrected chi connectivity index (χ3v) is 4.59. The van der Waals surface area contributed by atoms with Crippen LogP contribution in [-0.2, 0) is 10.0 Å². The number of hydrogen-bond donors (Lipinski definition) is 2.